The molecule has 1 fully saturated rings. The maximum Gasteiger partial charge on any atom is 0.0461 e. The third kappa shape index (κ3) is 11.2. The number of aryl methyl sites for hydroxylation is 1. The fourth-order valence-electron chi connectivity index (χ4n) is 7.10. The van der Waals surface area contributed by atoms with E-state index in [9.17, 15) is 0 Å². The van der Waals surface area contributed by atoms with Gasteiger partial charge in [-0.15, -0.1) is 0 Å². The molecule has 2 aliphatic carbocycles. The first-order valence-electron chi connectivity index (χ1n) is 19.5. The van der Waals surface area contributed by atoms with E-state index in [0.717, 1.165) is 17.8 Å². The summed E-state index contributed by atoms with van der Waals surface area (Å²) in [7, 11) is 2.11. The molecule has 2 nitrogen and oxygen atoms in total. The van der Waals surface area contributed by atoms with Gasteiger partial charge in [0.2, 0.25) is 0 Å². The second-order valence-corrected chi connectivity index (χ2v) is 14.1. The van der Waals surface area contributed by atoms with Gasteiger partial charge >= 0.3 is 0 Å². The highest BCUT2D eigenvalue weighted by Crippen LogP contribution is 2.45. The van der Waals surface area contributed by atoms with Crippen LogP contribution < -0.4 is 9.80 Å². The highest BCUT2D eigenvalue weighted by molar-refractivity contribution is 5.64. The van der Waals surface area contributed by atoms with E-state index in [-0.39, 0.29) is 5.41 Å². The summed E-state index contributed by atoms with van der Waals surface area (Å²) < 4.78 is 0. The molecule has 276 valence electrons. The fourth-order valence-corrected chi connectivity index (χ4v) is 7.10. The van der Waals surface area contributed by atoms with Gasteiger partial charge in [-0.05, 0) is 127 Å². The molecule has 5 rings (SSSR count). The zero-order valence-electron chi connectivity index (χ0n) is 33.6. The lowest BCUT2D eigenvalue weighted by Gasteiger charge is -2.39. The summed E-state index contributed by atoms with van der Waals surface area (Å²) in [5.74, 6) is 0. The van der Waals surface area contributed by atoms with Gasteiger partial charge in [0.25, 0.3) is 0 Å². The van der Waals surface area contributed by atoms with Crippen molar-refractivity contribution in [3.05, 3.63) is 203 Å². The maximum absolute atomic E-state index is 2.37. The van der Waals surface area contributed by atoms with Crippen molar-refractivity contribution in [1.82, 2.24) is 0 Å². The van der Waals surface area contributed by atoms with E-state index in [1.807, 2.05) is 0 Å². The van der Waals surface area contributed by atoms with Gasteiger partial charge in [-0.3, -0.25) is 0 Å². The van der Waals surface area contributed by atoms with Gasteiger partial charge in [0, 0.05) is 40.9 Å². The molecule has 0 aliphatic heterocycles. The summed E-state index contributed by atoms with van der Waals surface area (Å²) in [5.41, 5.74) is 12.8. The molecule has 0 bridgehead atoms. The van der Waals surface area contributed by atoms with E-state index < -0.39 is 0 Å². The van der Waals surface area contributed by atoms with Gasteiger partial charge in [-0.25, -0.2) is 0 Å². The average Bonchev–Trinajstić information content (AvgIpc) is 3.43. The van der Waals surface area contributed by atoms with Crippen molar-refractivity contribution in [2.24, 2.45) is 0 Å². The van der Waals surface area contributed by atoms with Crippen LogP contribution in [-0.4, -0.2) is 7.05 Å². The van der Waals surface area contributed by atoms with Crippen molar-refractivity contribution in [3.8, 4) is 0 Å². The minimum absolute atomic E-state index is 0.113. The molecule has 53 heavy (non-hydrogen) atoms. The lowest BCUT2D eigenvalue weighted by molar-refractivity contribution is 0.346. The minimum atomic E-state index is 0.113. The van der Waals surface area contributed by atoms with Crippen LogP contribution >= 0.6 is 0 Å². The van der Waals surface area contributed by atoms with Crippen molar-refractivity contribution < 1.29 is 0 Å². The Morgan fingerprint density at radius 2 is 1.30 bits per heavy atom. The maximum atomic E-state index is 2.37. The molecule has 0 radical (unpaired) electrons. The van der Waals surface area contributed by atoms with Crippen LogP contribution in [0.2, 0.25) is 0 Å². The average molecular weight is 703 g/mol. The summed E-state index contributed by atoms with van der Waals surface area (Å²) in [6.45, 7) is 14.7. The molecule has 0 amide bonds. The molecule has 0 atom stereocenters. The topological polar surface area (TPSA) is 6.48 Å². The van der Waals surface area contributed by atoms with E-state index in [0.29, 0.717) is 0 Å². The lowest BCUT2D eigenvalue weighted by Crippen LogP contribution is -2.30. The predicted molar refractivity (Wildman–Crippen MR) is 234 cm³/mol. The molecule has 2 aliphatic rings. The molecule has 3 aromatic rings. The molecule has 0 aromatic heterocycles. The third-order valence-electron chi connectivity index (χ3n) is 10.4. The second kappa shape index (κ2) is 20.8. The van der Waals surface area contributed by atoms with Crippen LogP contribution in [0.15, 0.2) is 186 Å². The number of rotatable bonds is 11. The Kier molecular flexibility index (Phi) is 16.0. The largest absolute Gasteiger partial charge is 0.345 e. The highest BCUT2D eigenvalue weighted by Gasteiger charge is 2.35. The van der Waals surface area contributed by atoms with Crippen LogP contribution in [0, 0.1) is 6.92 Å². The van der Waals surface area contributed by atoms with Crippen LogP contribution in [0.4, 0.5) is 11.4 Å². The van der Waals surface area contributed by atoms with Gasteiger partial charge in [0.1, 0.15) is 0 Å². The molecule has 2 heteroatoms. The molecule has 0 saturated heterocycles. The monoisotopic (exact) mass is 702 g/mol. The number of allylic oxidation sites excluding steroid dienone is 15. The van der Waals surface area contributed by atoms with Gasteiger partial charge in [0.05, 0.1) is 0 Å². The van der Waals surface area contributed by atoms with E-state index in [1.54, 1.807) is 0 Å². The zero-order valence-corrected chi connectivity index (χ0v) is 33.6. The molecule has 3 aromatic carbocycles. The van der Waals surface area contributed by atoms with Crippen molar-refractivity contribution in [2.75, 3.05) is 16.8 Å². The SMILES string of the molecule is CC1=CCC=C(N(C)c2ccc(C)cc2)C=C1.C\C=C/C(=C\C=C\C)N(C(/C=C\C(C)=C/C)=C/C)c1ccc(C2(c3ccccc3)CCCCC2)cc1. The van der Waals surface area contributed by atoms with Crippen LogP contribution in [0.3, 0.4) is 0 Å². The van der Waals surface area contributed by atoms with Crippen molar-refractivity contribution >= 4 is 11.4 Å². The lowest BCUT2D eigenvalue weighted by atomic mass is 9.65. The Morgan fingerprint density at radius 1 is 0.642 bits per heavy atom. The van der Waals surface area contributed by atoms with E-state index in [4.69, 9.17) is 0 Å². The molecular weight excluding hydrogens is 641 g/mol. The summed E-state index contributed by atoms with van der Waals surface area (Å²) in [6.07, 6.45) is 35.6. The molecule has 0 spiro atoms. The third-order valence-corrected chi connectivity index (χ3v) is 10.4. The van der Waals surface area contributed by atoms with E-state index in [1.165, 1.54) is 77.0 Å². The second-order valence-electron chi connectivity index (χ2n) is 14.1. The van der Waals surface area contributed by atoms with Crippen LogP contribution in [-0.2, 0) is 5.41 Å². The first-order chi connectivity index (χ1) is 25.8. The Labute approximate surface area is 322 Å². The van der Waals surface area contributed by atoms with Crippen molar-refractivity contribution in [3.63, 3.8) is 0 Å². The first kappa shape index (κ1) is 40.7. The Balaban J connectivity index is 0.000000306. The smallest absolute Gasteiger partial charge is 0.0461 e. The normalized spacial score (nSPS) is 16.6. The number of nitrogens with zero attached hydrogens (tertiary/aromatic N) is 2. The Morgan fingerprint density at radius 3 is 1.92 bits per heavy atom. The molecule has 0 N–H and O–H groups in total. The molecular formula is C51H62N2. The Hall–Kier alpha value is -5.08. The number of likely N-dealkylation sites (N-methyl/N-ethyl adjacent to an activating group) is 1. The first-order valence-corrected chi connectivity index (χ1v) is 19.5. The standard InChI is InChI=1S/C35H43N.C16H19N/c1-6-10-20-33(17-7-2)36(32(9-4)24-21-29(5)8-3)34-25-22-31(23-26-34)35(27-15-12-16-28-35)30-18-13-11-14-19-30;1-13-5-4-6-15(10-7-13)17(3)16-11-8-14(2)9-12-16/h6-11,13-14,17-26H,12,15-16,27-28H2,1-5H3;5-12H,4H2,1-3H3/b10-6+,17-7-,24-21-,29-8-,32-9+,33-20+;. The quantitative estimate of drug-likeness (QED) is 0.184. The molecule has 1 saturated carbocycles. The van der Waals surface area contributed by atoms with Crippen LogP contribution in [0.1, 0.15) is 96.8 Å². The predicted octanol–water partition coefficient (Wildman–Crippen LogP) is 14.4. The zero-order chi connectivity index (χ0) is 38.1. The summed E-state index contributed by atoms with van der Waals surface area (Å²) in [6, 6.07) is 29.1. The van der Waals surface area contributed by atoms with Gasteiger partial charge in [-0.1, -0.05) is 145 Å². The van der Waals surface area contributed by atoms with Crippen LogP contribution in [0.25, 0.3) is 0 Å². The number of anilines is 2. The number of hydrogen-bond acceptors (Lipinski definition) is 2. The Bertz CT molecular complexity index is 1860. The van der Waals surface area contributed by atoms with Gasteiger partial charge in [0.15, 0.2) is 0 Å². The van der Waals surface area contributed by atoms with Gasteiger partial charge < -0.3 is 9.80 Å². The summed E-state index contributed by atoms with van der Waals surface area (Å²) in [5, 5.41) is 0. The fraction of sp³-hybridized carbons (Fsp3) is 0.294. The number of benzene rings is 3. The summed E-state index contributed by atoms with van der Waals surface area (Å²) in [4.78, 5) is 4.57. The van der Waals surface area contributed by atoms with Gasteiger partial charge in [-0.2, -0.15) is 0 Å². The summed E-state index contributed by atoms with van der Waals surface area (Å²) >= 11 is 0. The molecule has 0 heterocycles. The minimum Gasteiger partial charge on any atom is -0.345 e. The van der Waals surface area contributed by atoms with Crippen LogP contribution in [0.5, 0.6) is 0 Å². The van der Waals surface area contributed by atoms with E-state index in [2.05, 4.69) is 223 Å². The van der Waals surface area contributed by atoms with Crippen molar-refractivity contribution in [1.29, 1.82) is 0 Å². The molecule has 0 unspecified atom stereocenters. The van der Waals surface area contributed by atoms with E-state index >= 15 is 0 Å². The number of hydrogen-bond donors (Lipinski definition) is 0. The highest BCUT2D eigenvalue weighted by atomic mass is 15.1. The van der Waals surface area contributed by atoms with Crippen molar-refractivity contribution in [2.45, 2.75) is 92.4 Å².